The van der Waals surface area contributed by atoms with Crippen LogP contribution in [0.5, 0.6) is 6.01 Å². The van der Waals surface area contributed by atoms with Gasteiger partial charge in [-0.3, -0.25) is 4.90 Å². The molecule has 0 unspecified atom stereocenters. The summed E-state index contributed by atoms with van der Waals surface area (Å²) in [5.41, 5.74) is 1.68. The van der Waals surface area contributed by atoms with Gasteiger partial charge in [0, 0.05) is 53.3 Å². The number of rotatable bonds is 5. The minimum Gasteiger partial charge on any atom is -0.461 e. The third kappa shape index (κ3) is 3.89. The molecule has 2 aromatic carbocycles. The molecule has 7 nitrogen and oxygen atoms in total. The number of nitrogens with one attached hydrogen (secondary N) is 2. The lowest BCUT2D eigenvalue weighted by Crippen LogP contribution is -2.51. The van der Waals surface area contributed by atoms with Crippen LogP contribution in [0.25, 0.3) is 32.9 Å². The molecule has 0 radical (unpaired) electrons. The number of ether oxygens (including phenoxy) is 1. The van der Waals surface area contributed by atoms with E-state index in [1.165, 1.54) is 25.0 Å². The molecule has 10 heteroatoms. The number of aromatic amines is 1. The Morgan fingerprint density at radius 1 is 1.02 bits per heavy atom. The Bertz CT molecular complexity index is 1620. The first-order valence-corrected chi connectivity index (χ1v) is 14.7. The summed E-state index contributed by atoms with van der Waals surface area (Å²) in [5.74, 6) is -0.196. The van der Waals surface area contributed by atoms with Gasteiger partial charge >= 0.3 is 6.01 Å². The predicted octanol–water partition coefficient (Wildman–Crippen LogP) is 5.66. The van der Waals surface area contributed by atoms with Crippen LogP contribution in [-0.4, -0.2) is 70.3 Å². The molecule has 2 bridgehead atoms. The Morgan fingerprint density at radius 3 is 2.58 bits per heavy atom. The molecule has 0 saturated carbocycles. The Hall–Kier alpha value is -3.01. The molecular formula is C30H31ClF2N6O. The van der Waals surface area contributed by atoms with Gasteiger partial charge in [-0.1, -0.05) is 17.7 Å². The highest BCUT2D eigenvalue weighted by molar-refractivity contribution is 6.36. The van der Waals surface area contributed by atoms with Crippen LogP contribution in [-0.2, 0) is 0 Å². The van der Waals surface area contributed by atoms with Gasteiger partial charge in [0.15, 0.2) is 5.82 Å². The van der Waals surface area contributed by atoms with Gasteiger partial charge in [-0.15, -0.1) is 0 Å². The third-order valence-corrected chi connectivity index (χ3v) is 9.85. The van der Waals surface area contributed by atoms with Crippen LogP contribution in [0.3, 0.4) is 0 Å². The molecule has 208 valence electrons. The first-order chi connectivity index (χ1) is 19.5. The predicted molar refractivity (Wildman–Crippen MR) is 152 cm³/mol. The highest BCUT2D eigenvalue weighted by Crippen LogP contribution is 2.41. The summed E-state index contributed by atoms with van der Waals surface area (Å²) in [6.07, 6.45) is 8.49. The zero-order valence-corrected chi connectivity index (χ0v) is 22.9. The summed E-state index contributed by atoms with van der Waals surface area (Å²) in [6, 6.07) is 7.27. The van der Waals surface area contributed by atoms with Crippen LogP contribution < -0.4 is 15.0 Å². The fraction of sp³-hybridized carbons (Fsp3) is 0.467. The Balaban J connectivity index is 1.24. The Labute approximate surface area is 235 Å². The molecule has 4 aliphatic rings. The number of halogens is 3. The summed E-state index contributed by atoms with van der Waals surface area (Å²) in [4.78, 5) is 17.4. The lowest BCUT2D eigenvalue weighted by atomic mass is 9.95. The van der Waals surface area contributed by atoms with E-state index in [1.807, 2.05) is 6.07 Å². The number of benzene rings is 2. The maximum Gasteiger partial charge on any atom is 0.319 e. The van der Waals surface area contributed by atoms with Gasteiger partial charge in [0.2, 0.25) is 0 Å². The molecule has 2 atom stereocenters. The molecule has 0 aliphatic carbocycles. The fourth-order valence-corrected chi connectivity index (χ4v) is 7.97. The first kappa shape index (κ1) is 24.8. The standard InChI is InChI=1S/C30H31ClF2N6O/c31-23-11-17(32)12-24-25(23)22(13-34-24)20-5-6-21-27(26(20)33)36-29(40-16-30-7-1-9-39(30)10-2-8-30)37-28(21)38-14-18-3-4-19(15-38)35-18/h5-6,11-13,18-19,34-35H,1-4,7-10,14-16H2/t18-,19+. The van der Waals surface area contributed by atoms with Crippen LogP contribution >= 0.6 is 11.6 Å². The van der Waals surface area contributed by atoms with Gasteiger partial charge in [0.05, 0.1) is 16.1 Å². The molecule has 6 heterocycles. The van der Waals surface area contributed by atoms with Crippen molar-refractivity contribution in [2.45, 2.75) is 56.1 Å². The number of H-pyrrole nitrogens is 1. The van der Waals surface area contributed by atoms with Gasteiger partial charge in [-0.2, -0.15) is 9.97 Å². The zero-order chi connectivity index (χ0) is 27.0. The van der Waals surface area contributed by atoms with Crippen LogP contribution in [0.1, 0.15) is 38.5 Å². The third-order valence-electron chi connectivity index (χ3n) is 9.55. The second kappa shape index (κ2) is 9.26. The number of hydrogen-bond donors (Lipinski definition) is 2. The van der Waals surface area contributed by atoms with Crippen molar-refractivity contribution in [1.82, 2.24) is 25.2 Å². The number of nitrogens with zero attached hydrogens (tertiary/aromatic N) is 4. The summed E-state index contributed by atoms with van der Waals surface area (Å²) >= 11 is 6.42. The average Bonchev–Trinajstić information content (AvgIpc) is 3.71. The average molecular weight is 565 g/mol. The van der Waals surface area contributed by atoms with E-state index < -0.39 is 11.6 Å². The van der Waals surface area contributed by atoms with Crippen LogP contribution in [0, 0.1) is 11.6 Å². The Kier molecular flexibility index (Phi) is 5.73. The van der Waals surface area contributed by atoms with Crippen LogP contribution in [0.4, 0.5) is 14.6 Å². The monoisotopic (exact) mass is 564 g/mol. The number of aromatic nitrogens is 3. The minimum absolute atomic E-state index is 0.0308. The highest BCUT2D eigenvalue weighted by Gasteiger charge is 2.45. The largest absolute Gasteiger partial charge is 0.461 e. The summed E-state index contributed by atoms with van der Waals surface area (Å²) in [5, 5.41) is 5.13. The van der Waals surface area contributed by atoms with E-state index in [2.05, 4.69) is 25.1 Å². The van der Waals surface area contributed by atoms with E-state index in [4.69, 9.17) is 21.3 Å². The number of anilines is 1. The fourth-order valence-electron chi connectivity index (χ4n) is 7.66. The van der Waals surface area contributed by atoms with Gasteiger partial charge in [0.25, 0.3) is 0 Å². The molecule has 0 amide bonds. The van der Waals surface area contributed by atoms with Crippen molar-refractivity contribution in [3.63, 3.8) is 0 Å². The molecule has 4 fully saturated rings. The molecule has 40 heavy (non-hydrogen) atoms. The smallest absolute Gasteiger partial charge is 0.319 e. The van der Waals surface area contributed by atoms with Gasteiger partial charge in [-0.05, 0) is 69.8 Å². The van der Waals surface area contributed by atoms with E-state index in [0.717, 1.165) is 57.7 Å². The van der Waals surface area contributed by atoms with Gasteiger partial charge in [-0.25, -0.2) is 8.78 Å². The first-order valence-electron chi connectivity index (χ1n) is 14.3. The van der Waals surface area contributed by atoms with Crippen LogP contribution in [0.15, 0.2) is 30.5 Å². The van der Waals surface area contributed by atoms with E-state index in [-0.39, 0.29) is 22.1 Å². The molecule has 2 aromatic heterocycles. The minimum atomic E-state index is -0.466. The normalized spacial score (nSPS) is 23.9. The second-order valence-electron chi connectivity index (χ2n) is 11.9. The summed E-state index contributed by atoms with van der Waals surface area (Å²) in [7, 11) is 0. The summed E-state index contributed by atoms with van der Waals surface area (Å²) in [6.45, 7) is 4.34. The lowest BCUT2D eigenvalue weighted by Gasteiger charge is -2.34. The number of hydrogen-bond acceptors (Lipinski definition) is 6. The van der Waals surface area contributed by atoms with Crippen molar-refractivity contribution < 1.29 is 13.5 Å². The van der Waals surface area contributed by atoms with E-state index in [1.54, 1.807) is 12.3 Å². The molecule has 4 saturated heterocycles. The molecule has 4 aliphatic heterocycles. The molecule has 0 spiro atoms. The molecule has 2 N–H and O–H groups in total. The van der Waals surface area contributed by atoms with Crippen molar-refractivity contribution in [3.8, 4) is 17.1 Å². The SMILES string of the molecule is Fc1cc(Cl)c2c(-c3ccc4c(N5C[C@H]6CC[C@@H](C5)N6)nc(OCC56CCCN5CCC6)nc4c3F)c[nH]c2c1. The number of fused-ring (bicyclic) bond motifs is 5. The highest BCUT2D eigenvalue weighted by atomic mass is 35.5. The van der Waals surface area contributed by atoms with Crippen molar-refractivity contribution in [2.24, 2.45) is 0 Å². The van der Waals surface area contributed by atoms with Gasteiger partial charge in [0.1, 0.15) is 23.8 Å². The van der Waals surface area contributed by atoms with E-state index >= 15 is 4.39 Å². The van der Waals surface area contributed by atoms with Crippen molar-refractivity contribution in [3.05, 3.63) is 47.1 Å². The van der Waals surface area contributed by atoms with Gasteiger partial charge < -0.3 is 19.9 Å². The molecule has 8 rings (SSSR count). The lowest BCUT2D eigenvalue weighted by molar-refractivity contribution is 0.108. The maximum absolute atomic E-state index is 16.5. The quantitative estimate of drug-likeness (QED) is 0.326. The Morgan fingerprint density at radius 2 is 1.80 bits per heavy atom. The van der Waals surface area contributed by atoms with Crippen molar-refractivity contribution in [1.29, 1.82) is 0 Å². The zero-order valence-electron chi connectivity index (χ0n) is 22.2. The van der Waals surface area contributed by atoms with Crippen molar-refractivity contribution in [2.75, 3.05) is 37.7 Å². The maximum atomic E-state index is 16.5. The topological polar surface area (TPSA) is 69.3 Å². The van der Waals surface area contributed by atoms with E-state index in [0.29, 0.717) is 46.1 Å². The van der Waals surface area contributed by atoms with Crippen molar-refractivity contribution >= 4 is 39.2 Å². The van der Waals surface area contributed by atoms with E-state index in [9.17, 15) is 4.39 Å². The van der Waals surface area contributed by atoms with Crippen LogP contribution in [0.2, 0.25) is 5.02 Å². The molecule has 4 aromatic rings. The second-order valence-corrected chi connectivity index (χ2v) is 12.3. The molecular weight excluding hydrogens is 534 g/mol. The number of piperazine rings is 1. The summed E-state index contributed by atoms with van der Waals surface area (Å²) < 4.78 is 36.8.